The Bertz CT molecular complexity index is 1110. The van der Waals surface area contributed by atoms with E-state index in [9.17, 15) is 4.79 Å². The molecule has 0 spiro atoms. The Kier molecular flexibility index (Phi) is 4.80. The smallest absolute Gasteiger partial charge is 0.260 e. The van der Waals surface area contributed by atoms with E-state index in [-0.39, 0.29) is 5.91 Å². The number of amides is 1. The molecule has 3 heterocycles. The number of hydrazone groups is 1. The van der Waals surface area contributed by atoms with Gasteiger partial charge in [-0.1, -0.05) is 17.7 Å². The summed E-state index contributed by atoms with van der Waals surface area (Å²) in [5.41, 5.74) is 3.33. The number of pyridine rings is 2. The van der Waals surface area contributed by atoms with Crippen molar-refractivity contribution < 1.29 is 4.79 Å². The van der Waals surface area contributed by atoms with E-state index >= 15 is 0 Å². The molecule has 4 rings (SSSR count). The summed E-state index contributed by atoms with van der Waals surface area (Å²) >= 11 is 6.14. The summed E-state index contributed by atoms with van der Waals surface area (Å²) in [4.78, 5) is 21.7. The van der Waals surface area contributed by atoms with Crippen molar-refractivity contribution in [2.24, 2.45) is 10.5 Å². The summed E-state index contributed by atoms with van der Waals surface area (Å²) in [6, 6.07) is 13.1. The summed E-state index contributed by atoms with van der Waals surface area (Å²) < 4.78 is 0. The number of hydrogen-bond acceptors (Lipinski definition) is 5. The molecule has 0 radical (unpaired) electrons. The van der Waals surface area contributed by atoms with E-state index in [1.54, 1.807) is 18.6 Å². The van der Waals surface area contributed by atoms with Crippen LogP contribution in [-0.4, -0.2) is 21.6 Å². The number of hydrogen-bond donors (Lipinski definition) is 1. The molecule has 1 aliphatic heterocycles. The fourth-order valence-electron chi connectivity index (χ4n) is 3.12. The van der Waals surface area contributed by atoms with Gasteiger partial charge in [-0.25, -0.2) is 4.98 Å². The molecule has 2 aromatic heterocycles. The second-order valence-corrected chi connectivity index (χ2v) is 7.79. The summed E-state index contributed by atoms with van der Waals surface area (Å²) in [5.74, 6) is 0.357. The number of nitrogens with zero attached hydrogens (tertiary/aromatic N) is 4. The quantitative estimate of drug-likeness (QED) is 0.640. The van der Waals surface area contributed by atoms with E-state index in [0.717, 1.165) is 28.2 Å². The van der Waals surface area contributed by atoms with E-state index in [4.69, 9.17) is 11.6 Å². The van der Waals surface area contributed by atoms with Crippen LogP contribution in [0.3, 0.4) is 0 Å². The SMILES string of the molecule is CC1=NN(c2nccc(Nc3cccc(Cl)c3)c2-c2ccncc2)C(=O)C1(C)C. The maximum absolute atomic E-state index is 13.1. The third-order valence-corrected chi connectivity index (χ3v) is 5.32. The molecule has 0 atom stereocenters. The van der Waals surface area contributed by atoms with Crippen molar-refractivity contribution in [3.05, 3.63) is 66.1 Å². The molecule has 1 N–H and O–H groups in total. The molecular weight excluding hydrogens is 386 g/mol. The normalized spacial score (nSPS) is 15.4. The predicted molar refractivity (Wildman–Crippen MR) is 117 cm³/mol. The van der Waals surface area contributed by atoms with Crippen LogP contribution < -0.4 is 10.3 Å². The van der Waals surface area contributed by atoms with E-state index in [1.165, 1.54) is 5.01 Å². The number of carbonyl (C=O) groups is 1. The van der Waals surface area contributed by atoms with Gasteiger partial charge >= 0.3 is 0 Å². The van der Waals surface area contributed by atoms with E-state index < -0.39 is 5.41 Å². The highest BCUT2D eigenvalue weighted by molar-refractivity contribution is 6.30. The van der Waals surface area contributed by atoms with E-state index in [1.807, 2.05) is 63.2 Å². The number of carbonyl (C=O) groups excluding carboxylic acids is 1. The van der Waals surface area contributed by atoms with Gasteiger partial charge in [0.2, 0.25) is 0 Å². The minimum absolute atomic E-state index is 0.113. The number of anilines is 3. The van der Waals surface area contributed by atoms with Gasteiger partial charge in [0.15, 0.2) is 5.82 Å². The Balaban J connectivity index is 1.88. The molecule has 29 heavy (non-hydrogen) atoms. The first kappa shape index (κ1) is 19.1. The minimum atomic E-state index is -0.673. The van der Waals surface area contributed by atoms with E-state index in [2.05, 4.69) is 20.4 Å². The van der Waals surface area contributed by atoms with Crippen molar-refractivity contribution in [1.82, 2.24) is 9.97 Å². The highest BCUT2D eigenvalue weighted by Crippen LogP contribution is 2.40. The van der Waals surface area contributed by atoms with Crippen LogP contribution in [-0.2, 0) is 4.79 Å². The first-order chi connectivity index (χ1) is 13.9. The molecule has 1 aromatic carbocycles. The molecule has 0 unspecified atom stereocenters. The highest BCUT2D eigenvalue weighted by Gasteiger charge is 2.43. The number of halogens is 1. The second-order valence-electron chi connectivity index (χ2n) is 7.36. The minimum Gasteiger partial charge on any atom is -0.355 e. The monoisotopic (exact) mass is 405 g/mol. The summed E-state index contributed by atoms with van der Waals surface area (Å²) in [5, 5.41) is 9.93. The Morgan fingerprint density at radius 3 is 2.48 bits per heavy atom. The number of aromatic nitrogens is 2. The first-order valence-electron chi connectivity index (χ1n) is 9.20. The Morgan fingerprint density at radius 1 is 1.07 bits per heavy atom. The zero-order valence-electron chi connectivity index (χ0n) is 16.3. The Hall–Kier alpha value is -3.25. The van der Waals surface area contributed by atoms with Crippen LogP contribution in [0.25, 0.3) is 11.1 Å². The average Bonchev–Trinajstić information content (AvgIpc) is 2.91. The lowest BCUT2D eigenvalue weighted by atomic mass is 9.88. The molecule has 0 saturated heterocycles. The van der Waals surface area contributed by atoms with Crippen LogP contribution in [0, 0.1) is 5.41 Å². The Morgan fingerprint density at radius 2 is 1.83 bits per heavy atom. The maximum atomic E-state index is 13.1. The lowest BCUT2D eigenvalue weighted by Gasteiger charge is -2.22. The van der Waals surface area contributed by atoms with Crippen LogP contribution in [0.5, 0.6) is 0 Å². The molecule has 1 aliphatic rings. The van der Waals surface area contributed by atoms with Crippen LogP contribution in [0.2, 0.25) is 5.02 Å². The molecule has 0 saturated carbocycles. The van der Waals surface area contributed by atoms with Crippen molar-refractivity contribution in [3.63, 3.8) is 0 Å². The van der Waals surface area contributed by atoms with Gasteiger partial charge in [-0.3, -0.25) is 9.78 Å². The lowest BCUT2D eigenvalue weighted by molar-refractivity contribution is -0.122. The summed E-state index contributed by atoms with van der Waals surface area (Å²) in [7, 11) is 0. The van der Waals surface area contributed by atoms with Gasteiger partial charge in [-0.2, -0.15) is 10.1 Å². The molecule has 0 fully saturated rings. The number of nitrogens with one attached hydrogen (secondary N) is 1. The first-order valence-corrected chi connectivity index (χ1v) is 9.58. The highest BCUT2D eigenvalue weighted by atomic mass is 35.5. The summed E-state index contributed by atoms with van der Waals surface area (Å²) in [6.45, 7) is 5.60. The number of rotatable bonds is 4. The van der Waals surface area contributed by atoms with Gasteiger partial charge < -0.3 is 5.32 Å². The lowest BCUT2D eigenvalue weighted by Crippen LogP contribution is -2.34. The molecule has 0 bridgehead atoms. The van der Waals surface area contributed by atoms with Crippen LogP contribution >= 0.6 is 11.6 Å². The fraction of sp³-hybridized carbons (Fsp3) is 0.182. The predicted octanol–water partition coefficient (Wildman–Crippen LogP) is 5.29. The standard InChI is InChI=1S/C22H20ClN5O/c1-14-22(2,3)21(29)28(27-14)20-19(15-7-10-24-11-8-15)18(9-12-25-20)26-17-6-4-5-16(23)13-17/h4-13H,1-3H3,(H,25,26). The molecule has 0 aliphatic carbocycles. The van der Waals surface area contributed by atoms with Gasteiger partial charge in [0.25, 0.3) is 5.91 Å². The average molecular weight is 406 g/mol. The third kappa shape index (κ3) is 3.47. The topological polar surface area (TPSA) is 70.5 Å². The number of benzene rings is 1. The van der Waals surface area contributed by atoms with Crippen LogP contribution in [0.4, 0.5) is 17.2 Å². The van der Waals surface area contributed by atoms with Crippen LogP contribution in [0.15, 0.2) is 66.2 Å². The van der Waals surface area contributed by atoms with Crippen molar-refractivity contribution in [1.29, 1.82) is 0 Å². The fourth-order valence-corrected chi connectivity index (χ4v) is 3.31. The van der Waals surface area contributed by atoms with Crippen molar-refractivity contribution in [3.8, 4) is 11.1 Å². The van der Waals surface area contributed by atoms with Gasteiger partial charge in [0.1, 0.15) is 0 Å². The molecule has 1 amide bonds. The van der Waals surface area contributed by atoms with Gasteiger partial charge in [-0.05, 0) is 62.7 Å². The van der Waals surface area contributed by atoms with Crippen LogP contribution in [0.1, 0.15) is 20.8 Å². The zero-order chi connectivity index (χ0) is 20.6. The third-order valence-electron chi connectivity index (χ3n) is 5.09. The maximum Gasteiger partial charge on any atom is 0.260 e. The molecule has 6 nitrogen and oxygen atoms in total. The zero-order valence-corrected chi connectivity index (χ0v) is 17.1. The molecule has 7 heteroatoms. The summed E-state index contributed by atoms with van der Waals surface area (Å²) in [6.07, 6.45) is 5.08. The van der Waals surface area contributed by atoms with Gasteiger partial charge in [0.05, 0.1) is 22.4 Å². The van der Waals surface area contributed by atoms with Crippen molar-refractivity contribution in [2.45, 2.75) is 20.8 Å². The molecule has 3 aromatic rings. The Labute approximate surface area is 174 Å². The van der Waals surface area contributed by atoms with Crippen molar-refractivity contribution in [2.75, 3.05) is 10.3 Å². The second kappa shape index (κ2) is 7.29. The largest absolute Gasteiger partial charge is 0.355 e. The van der Waals surface area contributed by atoms with Gasteiger partial charge in [-0.15, -0.1) is 0 Å². The van der Waals surface area contributed by atoms with Crippen molar-refractivity contribution >= 4 is 40.4 Å². The van der Waals surface area contributed by atoms with E-state index in [0.29, 0.717) is 10.8 Å². The molecule has 146 valence electrons. The molecular formula is C22H20ClN5O. The van der Waals surface area contributed by atoms with Gasteiger partial charge in [0, 0.05) is 29.3 Å².